The lowest BCUT2D eigenvalue weighted by atomic mass is 10.1. The maximum absolute atomic E-state index is 11.1. The van der Waals surface area contributed by atoms with Crippen molar-refractivity contribution in [2.45, 2.75) is 6.92 Å². The van der Waals surface area contributed by atoms with Crippen LogP contribution in [0.4, 0.5) is 5.69 Å². The minimum atomic E-state index is -0.571. The lowest BCUT2D eigenvalue weighted by Gasteiger charge is -2.07. The Hall–Kier alpha value is -1.43. The summed E-state index contributed by atoms with van der Waals surface area (Å²) in [5.41, 5.74) is 0.313. The van der Waals surface area contributed by atoms with Gasteiger partial charge in [-0.15, -0.1) is 0 Å². The SMILES string of the molecule is Cc1nc(Cl)nc(-c2cccc(Cl)c2Cl)c1[N+](=O)[O-]. The van der Waals surface area contributed by atoms with Crippen molar-refractivity contribution >= 4 is 40.5 Å². The molecule has 0 spiro atoms. The van der Waals surface area contributed by atoms with Gasteiger partial charge in [-0.1, -0.05) is 35.3 Å². The van der Waals surface area contributed by atoms with E-state index in [1.54, 1.807) is 18.2 Å². The number of aryl methyl sites for hydroxylation is 1. The van der Waals surface area contributed by atoms with Gasteiger partial charge in [-0.2, -0.15) is 0 Å². The highest BCUT2D eigenvalue weighted by atomic mass is 35.5. The van der Waals surface area contributed by atoms with Gasteiger partial charge in [-0.05, 0) is 24.6 Å². The maximum Gasteiger partial charge on any atom is 0.316 e. The molecule has 8 heteroatoms. The second kappa shape index (κ2) is 5.28. The normalized spacial score (nSPS) is 10.5. The van der Waals surface area contributed by atoms with Gasteiger partial charge in [0, 0.05) is 5.56 Å². The van der Waals surface area contributed by atoms with Gasteiger partial charge in [0.2, 0.25) is 5.28 Å². The van der Waals surface area contributed by atoms with Crippen molar-refractivity contribution in [1.29, 1.82) is 0 Å². The van der Waals surface area contributed by atoms with Gasteiger partial charge in [0.25, 0.3) is 0 Å². The van der Waals surface area contributed by atoms with Crippen LogP contribution in [0.5, 0.6) is 0 Å². The molecule has 2 aromatic rings. The van der Waals surface area contributed by atoms with E-state index in [0.717, 1.165) is 0 Å². The van der Waals surface area contributed by atoms with Crippen molar-refractivity contribution in [3.8, 4) is 11.3 Å². The summed E-state index contributed by atoms with van der Waals surface area (Å²) in [6, 6.07) is 4.78. The van der Waals surface area contributed by atoms with Gasteiger partial charge in [0.15, 0.2) is 5.69 Å². The molecule has 0 aliphatic rings. The van der Waals surface area contributed by atoms with E-state index in [-0.39, 0.29) is 32.4 Å². The Balaban J connectivity index is 2.81. The Morgan fingerprint density at radius 3 is 2.53 bits per heavy atom. The topological polar surface area (TPSA) is 68.9 Å². The summed E-state index contributed by atoms with van der Waals surface area (Å²) in [6.07, 6.45) is 0. The molecule has 0 saturated carbocycles. The van der Waals surface area contributed by atoms with E-state index in [9.17, 15) is 10.1 Å². The van der Waals surface area contributed by atoms with Crippen LogP contribution in [-0.4, -0.2) is 14.9 Å². The largest absolute Gasteiger partial charge is 0.316 e. The van der Waals surface area contributed by atoms with Gasteiger partial charge in [-0.3, -0.25) is 10.1 Å². The zero-order valence-corrected chi connectivity index (χ0v) is 11.8. The van der Waals surface area contributed by atoms with Crippen molar-refractivity contribution in [3.05, 3.63) is 49.3 Å². The molecule has 1 aromatic heterocycles. The zero-order valence-electron chi connectivity index (χ0n) is 9.52. The third kappa shape index (κ3) is 2.63. The molecule has 0 bridgehead atoms. The molecule has 0 aliphatic carbocycles. The number of nitro groups is 1. The number of hydrogen-bond donors (Lipinski definition) is 0. The van der Waals surface area contributed by atoms with E-state index in [2.05, 4.69) is 9.97 Å². The van der Waals surface area contributed by atoms with Crippen LogP contribution in [0, 0.1) is 17.0 Å². The van der Waals surface area contributed by atoms with Crippen molar-refractivity contribution < 1.29 is 4.92 Å². The van der Waals surface area contributed by atoms with Crippen molar-refractivity contribution in [1.82, 2.24) is 9.97 Å². The third-order valence-corrected chi connectivity index (χ3v) is 3.41. The molecule has 0 fully saturated rings. The minimum absolute atomic E-state index is 0.0509. The molecule has 0 aliphatic heterocycles. The summed E-state index contributed by atoms with van der Waals surface area (Å²) >= 11 is 17.7. The molecule has 1 heterocycles. The molecule has 0 radical (unpaired) electrons. The summed E-state index contributed by atoms with van der Waals surface area (Å²) in [4.78, 5) is 18.2. The molecule has 0 saturated heterocycles. The number of nitrogens with zero attached hydrogens (tertiary/aromatic N) is 3. The first-order chi connectivity index (χ1) is 8.91. The molecule has 98 valence electrons. The molecule has 5 nitrogen and oxygen atoms in total. The fourth-order valence-electron chi connectivity index (χ4n) is 1.63. The Bertz CT molecular complexity index is 676. The van der Waals surface area contributed by atoms with Crippen LogP contribution in [0.1, 0.15) is 5.69 Å². The zero-order chi connectivity index (χ0) is 14.2. The second-order valence-corrected chi connectivity index (χ2v) is 4.76. The van der Waals surface area contributed by atoms with Gasteiger partial charge in [-0.25, -0.2) is 9.97 Å². The minimum Gasteiger partial charge on any atom is -0.258 e. The predicted molar refractivity (Wildman–Crippen MR) is 73.9 cm³/mol. The monoisotopic (exact) mass is 317 g/mol. The molecular formula is C11H6Cl3N3O2. The van der Waals surface area contributed by atoms with E-state index in [1.165, 1.54) is 6.92 Å². The summed E-state index contributed by atoms with van der Waals surface area (Å²) in [7, 11) is 0. The summed E-state index contributed by atoms with van der Waals surface area (Å²) < 4.78 is 0. The fraction of sp³-hybridized carbons (Fsp3) is 0.0909. The highest BCUT2D eigenvalue weighted by molar-refractivity contribution is 6.43. The Morgan fingerprint density at radius 2 is 1.89 bits per heavy atom. The van der Waals surface area contributed by atoms with Gasteiger partial charge in [0.1, 0.15) is 5.69 Å². The third-order valence-electron chi connectivity index (χ3n) is 2.42. The highest BCUT2D eigenvalue weighted by Crippen LogP contribution is 2.38. The lowest BCUT2D eigenvalue weighted by molar-refractivity contribution is -0.385. The molecule has 2 rings (SSSR count). The van der Waals surface area contributed by atoms with E-state index in [0.29, 0.717) is 5.56 Å². The van der Waals surface area contributed by atoms with Gasteiger partial charge >= 0.3 is 5.69 Å². The molecule has 0 amide bonds. The van der Waals surface area contributed by atoms with Gasteiger partial charge in [0.05, 0.1) is 15.0 Å². The molecular weight excluding hydrogens is 312 g/mol. The summed E-state index contributed by atoms with van der Waals surface area (Å²) in [5, 5.41) is 11.5. The first kappa shape index (κ1) is 14.0. The van der Waals surface area contributed by atoms with Crippen LogP contribution in [0.15, 0.2) is 18.2 Å². The molecule has 1 aromatic carbocycles. The van der Waals surface area contributed by atoms with Crippen LogP contribution in [0.25, 0.3) is 11.3 Å². The fourth-order valence-corrected chi connectivity index (χ4v) is 2.23. The van der Waals surface area contributed by atoms with Crippen LogP contribution in [0.2, 0.25) is 15.3 Å². The van der Waals surface area contributed by atoms with Gasteiger partial charge < -0.3 is 0 Å². The van der Waals surface area contributed by atoms with Crippen molar-refractivity contribution in [2.24, 2.45) is 0 Å². The number of benzene rings is 1. The summed E-state index contributed by atoms with van der Waals surface area (Å²) in [6.45, 7) is 1.48. The van der Waals surface area contributed by atoms with Crippen LogP contribution in [0.3, 0.4) is 0 Å². The van der Waals surface area contributed by atoms with Crippen LogP contribution < -0.4 is 0 Å². The first-order valence-electron chi connectivity index (χ1n) is 5.04. The number of aromatic nitrogens is 2. The Kier molecular flexibility index (Phi) is 3.89. The number of halogens is 3. The smallest absolute Gasteiger partial charge is 0.258 e. The van der Waals surface area contributed by atoms with E-state index in [1.807, 2.05) is 0 Å². The Morgan fingerprint density at radius 1 is 1.21 bits per heavy atom. The lowest BCUT2D eigenvalue weighted by Crippen LogP contribution is -2.01. The van der Waals surface area contributed by atoms with E-state index < -0.39 is 4.92 Å². The first-order valence-corrected chi connectivity index (χ1v) is 6.18. The predicted octanol–water partition coefficient (Wildman–Crippen LogP) is 4.32. The van der Waals surface area contributed by atoms with E-state index >= 15 is 0 Å². The van der Waals surface area contributed by atoms with Crippen molar-refractivity contribution in [2.75, 3.05) is 0 Å². The average Bonchev–Trinajstić information content (AvgIpc) is 2.31. The quantitative estimate of drug-likeness (QED) is 0.470. The second-order valence-electron chi connectivity index (χ2n) is 3.63. The van der Waals surface area contributed by atoms with E-state index in [4.69, 9.17) is 34.8 Å². The average molecular weight is 319 g/mol. The standard InChI is InChI=1S/C11H6Cl3N3O2/c1-5-10(17(18)19)9(16-11(14)15-5)6-3-2-4-7(12)8(6)13/h2-4H,1H3. The number of hydrogen-bond acceptors (Lipinski definition) is 4. The molecule has 19 heavy (non-hydrogen) atoms. The summed E-state index contributed by atoms with van der Waals surface area (Å²) in [5.74, 6) is 0. The van der Waals surface area contributed by atoms with Crippen molar-refractivity contribution in [3.63, 3.8) is 0 Å². The highest BCUT2D eigenvalue weighted by Gasteiger charge is 2.24. The maximum atomic E-state index is 11.1. The molecule has 0 unspecified atom stereocenters. The molecule has 0 N–H and O–H groups in total. The van der Waals surface area contributed by atoms with Crippen LogP contribution in [-0.2, 0) is 0 Å². The number of rotatable bonds is 2. The van der Waals surface area contributed by atoms with Crippen LogP contribution >= 0.6 is 34.8 Å². The molecule has 0 atom stereocenters. The Labute approximate surface area is 123 Å².